The number of carbonyl (C=O) groups excluding carboxylic acids is 2. The first-order chi connectivity index (χ1) is 23.1. The number of hydrogen-bond donors (Lipinski definition) is 1. The van der Waals surface area contributed by atoms with Crippen LogP contribution in [0.25, 0.3) is 0 Å². The Morgan fingerprint density at radius 1 is 0.875 bits per heavy atom. The normalized spacial score (nSPS) is 21.6. The van der Waals surface area contributed by atoms with Gasteiger partial charge in [-0.15, -0.1) is 0 Å². The van der Waals surface area contributed by atoms with Crippen LogP contribution in [0.1, 0.15) is 37.0 Å². The molecule has 1 aliphatic rings. The van der Waals surface area contributed by atoms with Crippen LogP contribution in [-0.4, -0.2) is 72.4 Å². The van der Waals surface area contributed by atoms with Crippen LogP contribution in [0.3, 0.4) is 0 Å². The summed E-state index contributed by atoms with van der Waals surface area (Å²) in [5.41, 5.74) is 2.34. The number of benzene rings is 3. The maximum atomic E-state index is 16.4. The number of halogens is 2. The summed E-state index contributed by atoms with van der Waals surface area (Å²) in [4.78, 5) is 35.5. The number of hydrogen-bond acceptors (Lipinski definition) is 9. The molecule has 1 amide bonds. The van der Waals surface area contributed by atoms with Crippen molar-refractivity contribution in [3.8, 4) is 0 Å². The lowest BCUT2D eigenvalue weighted by molar-refractivity contribution is -0.516. The molecule has 0 aliphatic carbocycles. The van der Waals surface area contributed by atoms with Crippen LogP contribution in [-0.2, 0) is 53.1 Å². The molecule has 1 aliphatic heterocycles. The van der Waals surface area contributed by atoms with E-state index in [0.717, 1.165) is 23.6 Å². The summed E-state index contributed by atoms with van der Waals surface area (Å²) in [5, 5.41) is 14.3. The molecule has 1 N–H and O–H groups in total. The van der Waals surface area contributed by atoms with E-state index in [2.05, 4.69) is 5.32 Å². The number of alkyl halides is 2. The van der Waals surface area contributed by atoms with E-state index in [1.54, 1.807) is 24.3 Å². The van der Waals surface area contributed by atoms with Crippen LogP contribution in [0.15, 0.2) is 91.0 Å². The van der Waals surface area contributed by atoms with Gasteiger partial charge in [-0.25, -0.2) is 13.6 Å². The fourth-order valence-corrected chi connectivity index (χ4v) is 5.49. The third-order valence-corrected chi connectivity index (χ3v) is 7.72. The smallest absolute Gasteiger partial charge is 0.381 e. The zero-order valence-electron chi connectivity index (χ0n) is 26.7. The Balaban J connectivity index is 1.72. The molecule has 13 heteroatoms. The van der Waals surface area contributed by atoms with Gasteiger partial charge in [0.1, 0.15) is 24.4 Å². The predicted molar refractivity (Wildman–Crippen MR) is 169 cm³/mol. The molecule has 1 heterocycles. The van der Waals surface area contributed by atoms with Gasteiger partial charge in [-0.3, -0.25) is 14.9 Å². The van der Waals surface area contributed by atoms with Gasteiger partial charge < -0.3 is 29.0 Å². The summed E-state index contributed by atoms with van der Waals surface area (Å²) >= 11 is 0. The SMILES string of the molecule is CCOC(=O)C(CC(F)(F)[C@H]1O[C@H](COCc2ccccc2)[C@H](OCc2ccccc2)[C@H](OCc2ccccc2)[C@@H]1NC(C)=O)[N+](=O)[O-]. The van der Waals surface area contributed by atoms with Gasteiger partial charge in [0, 0.05) is 11.8 Å². The fourth-order valence-electron chi connectivity index (χ4n) is 5.49. The number of nitro groups is 1. The average molecular weight is 671 g/mol. The van der Waals surface area contributed by atoms with E-state index < -0.39 is 65.6 Å². The van der Waals surface area contributed by atoms with Crippen LogP contribution < -0.4 is 5.32 Å². The number of nitrogens with one attached hydrogen (secondary N) is 1. The number of esters is 1. The number of carbonyl (C=O) groups is 2. The second kappa shape index (κ2) is 17.7. The predicted octanol–water partition coefficient (Wildman–Crippen LogP) is 4.88. The summed E-state index contributed by atoms with van der Waals surface area (Å²) in [6.07, 6.45) is -7.20. The van der Waals surface area contributed by atoms with Crippen LogP contribution in [0, 0.1) is 10.1 Å². The zero-order valence-corrected chi connectivity index (χ0v) is 26.7. The van der Waals surface area contributed by atoms with Crippen molar-refractivity contribution in [3.05, 3.63) is 118 Å². The molecule has 48 heavy (non-hydrogen) atoms. The monoisotopic (exact) mass is 670 g/mol. The Morgan fingerprint density at radius 2 is 1.38 bits per heavy atom. The highest BCUT2D eigenvalue weighted by Crippen LogP contribution is 2.38. The van der Waals surface area contributed by atoms with Crippen LogP contribution in [0.2, 0.25) is 0 Å². The van der Waals surface area contributed by atoms with Crippen molar-refractivity contribution in [1.82, 2.24) is 5.32 Å². The highest BCUT2D eigenvalue weighted by Gasteiger charge is 2.59. The summed E-state index contributed by atoms with van der Waals surface area (Å²) in [7, 11) is 0. The minimum absolute atomic E-state index is 0.0387. The molecule has 6 atom stereocenters. The molecule has 0 radical (unpaired) electrons. The molecule has 11 nitrogen and oxygen atoms in total. The lowest BCUT2D eigenvalue weighted by Gasteiger charge is -2.48. The number of nitrogens with zero attached hydrogens (tertiary/aromatic N) is 1. The maximum absolute atomic E-state index is 16.4. The molecule has 1 fully saturated rings. The molecule has 1 saturated heterocycles. The van der Waals surface area contributed by atoms with Crippen molar-refractivity contribution >= 4 is 11.9 Å². The highest BCUT2D eigenvalue weighted by molar-refractivity contribution is 5.74. The molecule has 0 aromatic heterocycles. The second-order valence-corrected chi connectivity index (χ2v) is 11.4. The van der Waals surface area contributed by atoms with E-state index in [0.29, 0.717) is 0 Å². The molecule has 258 valence electrons. The second-order valence-electron chi connectivity index (χ2n) is 11.4. The van der Waals surface area contributed by atoms with E-state index in [-0.39, 0.29) is 33.0 Å². The van der Waals surface area contributed by atoms with Crippen molar-refractivity contribution < 1.29 is 47.0 Å². The number of rotatable bonds is 17. The van der Waals surface area contributed by atoms with Crippen molar-refractivity contribution in [2.45, 2.75) is 82.5 Å². The highest BCUT2D eigenvalue weighted by atomic mass is 19.3. The molecule has 1 unspecified atom stereocenters. The average Bonchev–Trinajstić information content (AvgIpc) is 3.07. The minimum atomic E-state index is -4.03. The lowest BCUT2D eigenvalue weighted by atomic mass is 9.87. The van der Waals surface area contributed by atoms with Gasteiger partial charge in [-0.2, -0.15) is 0 Å². The first kappa shape index (κ1) is 36.5. The first-order valence-corrected chi connectivity index (χ1v) is 15.6. The summed E-state index contributed by atoms with van der Waals surface area (Å²) in [6, 6.07) is 23.4. The largest absolute Gasteiger partial charge is 0.461 e. The van der Waals surface area contributed by atoms with E-state index in [1.165, 1.54) is 6.92 Å². The van der Waals surface area contributed by atoms with E-state index in [4.69, 9.17) is 23.7 Å². The molecule has 0 saturated carbocycles. The van der Waals surface area contributed by atoms with Crippen molar-refractivity contribution in [2.24, 2.45) is 0 Å². The van der Waals surface area contributed by atoms with E-state index >= 15 is 8.78 Å². The molecular weight excluding hydrogens is 630 g/mol. The Morgan fingerprint density at radius 3 is 1.85 bits per heavy atom. The topological polar surface area (TPSA) is 135 Å². The first-order valence-electron chi connectivity index (χ1n) is 15.6. The summed E-state index contributed by atoms with van der Waals surface area (Å²) in [6.45, 7) is 2.24. The van der Waals surface area contributed by atoms with Crippen molar-refractivity contribution in [1.29, 1.82) is 0 Å². The van der Waals surface area contributed by atoms with Gasteiger partial charge >= 0.3 is 12.0 Å². The van der Waals surface area contributed by atoms with E-state index in [1.807, 2.05) is 66.7 Å². The molecular formula is C35H40F2N2O9. The quantitative estimate of drug-likeness (QED) is 0.121. The maximum Gasteiger partial charge on any atom is 0.381 e. The van der Waals surface area contributed by atoms with Crippen LogP contribution in [0.5, 0.6) is 0 Å². The van der Waals surface area contributed by atoms with Crippen LogP contribution in [0.4, 0.5) is 8.78 Å². The van der Waals surface area contributed by atoms with Gasteiger partial charge in [0.15, 0.2) is 0 Å². The Bertz CT molecular complexity index is 1450. The molecule has 4 rings (SSSR count). The van der Waals surface area contributed by atoms with Gasteiger partial charge in [0.2, 0.25) is 5.91 Å². The molecule has 3 aromatic rings. The number of ether oxygens (including phenoxy) is 5. The standard InChI is InChI=1S/C35H40F2N2O9/c1-3-45-34(41)28(39(42)43)19-35(36,37)33-30(38-24(2)40)32(47-22-27-17-11-6-12-18-27)31(46-21-26-15-9-5-10-16-26)29(48-33)23-44-20-25-13-7-4-8-14-25/h4-18,28-33H,3,19-23H2,1-2H3,(H,38,40)/t28?,29-,30+,31+,32-,33+/m1/s1. The van der Waals surface area contributed by atoms with E-state index in [9.17, 15) is 19.7 Å². The minimum Gasteiger partial charge on any atom is -0.461 e. The molecule has 0 bridgehead atoms. The molecule has 0 spiro atoms. The summed E-state index contributed by atoms with van der Waals surface area (Å²) < 4.78 is 62.1. The van der Waals surface area contributed by atoms with Gasteiger partial charge in [-0.05, 0) is 23.6 Å². The summed E-state index contributed by atoms with van der Waals surface area (Å²) in [5.74, 6) is -6.11. The van der Waals surface area contributed by atoms with Crippen LogP contribution >= 0.6 is 0 Å². The third-order valence-electron chi connectivity index (χ3n) is 7.72. The van der Waals surface area contributed by atoms with Crippen molar-refractivity contribution in [2.75, 3.05) is 13.2 Å². The fraction of sp³-hybridized carbons (Fsp3) is 0.429. The third kappa shape index (κ3) is 10.3. The van der Waals surface area contributed by atoms with Gasteiger partial charge in [-0.1, -0.05) is 91.0 Å². The van der Waals surface area contributed by atoms with Gasteiger partial charge in [0.25, 0.3) is 5.92 Å². The Labute approximate surface area is 277 Å². The Hall–Kier alpha value is -4.30. The zero-order chi connectivity index (χ0) is 34.5. The number of amides is 1. The Kier molecular flexibility index (Phi) is 13.5. The molecule has 3 aromatic carbocycles. The van der Waals surface area contributed by atoms with Crippen molar-refractivity contribution in [3.63, 3.8) is 0 Å². The van der Waals surface area contributed by atoms with Gasteiger partial charge in [0.05, 0.1) is 45.5 Å². The lowest BCUT2D eigenvalue weighted by Crippen LogP contribution is -2.69.